The maximum absolute atomic E-state index is 13.0. The summed E-state index contributed by atoms with van der Waals surface area (Å²) >= 11 is 0. The van der Waals surface area contributed by atoms with Gasteiger partial charge in [-0.05, 0) is 68.4 Å². The van der Waals surface area contributed by atoms with E-state index in [-0.39, 0.29) is 11.8 Å². The summed E-state index contributed by atoms with van der Waals surface area (Å²) in [4.78, 5) is 28.8. The first-order valence-corrected chi connectivity index (χ1v) is 12.7. The lowest BCUT2D eigenvalue weighted by molar-refractivity contribution is -0.119. The Morgan fingerprint density at radius 2 is 1.81 bits per heavy atom. The summed E-state index contributed by atoms with van der Waals surface area (Å²) in [6.45, 7) is 6.82. The van der Waals surface area contributed by atoms with E-state index in [1.165, 1.54) is 0 Å². The van der Waals surface area contributed by atoms with Crippen molar-refractivity contribution >= 4 is 17.8 Å². The number of ether oxygens (including phenoxy) is 1. The Balaban J connectivity index is 1.47. The van der Waals surface area contributed by atoms with Crippen LogP contribution in [0.3, 0.4) is 0 Å². The molecule has 196 valence electrons. The summed E-state index contributed by atoms with van der Waals surface area (Å²) in [5.74, 6) is 1.41. The standard InChI is InChI=1S/C28H35N5O4/c1-17-5-9-21(10-6-17)26(31-28(35)36)27(34)30-24-14-11-22(15-29-24)25-18(2)32-33(19(25)3)16-20-7-12-23(37-4)13-8-20/h7-8,11-15,17,21,26,31H,5-6,9-10,16H2,1-4H3,(H,35,36)(H,29,30,34)/t17?,21?,26-/m0/s1. The Morgan fingerprint density at radius 3 is 2.41 bits per heavy atom. The summed E-state index contributed by atoms with van der Waals surface area (Å²) in [7, 11) is 1.65. The third-order valence-electron chi connectivity index (χ3n) is 7.27. The van der Waals surface area contributed by atoms with Crippen molar-refractivity contribution in [3.8, 4) is 16.9 Å². The molecule has 2 heterocycles. The number of rotatable bonds is 8. The topological polar surface area (TPSA) is 118 Å². The number of hydrogen-bond acceptors (Lipinski definition) is 5. The number of anilines is 1. The van der Waals surface area contributed by atoms with Crippen molar-refractivity contribution in [2.75, 3.05) is 12.4 Å². The monoisotopic (exact) mass is 505 g/mol. The highest BCUT2D eigenvalue weighted by Gasteiger charge is 2.32. The molecule has 1 atom stereocenters. The van der Waals surface area contributed by atoms with Crippen LogP contribution in [0.2, 0.25) is 0 Å². The second-order valence-electron chi connectivity index (χ2n) is 9.92. The van der Waals surface area contributed by atoms with Crippen LogP contribution < -0.4 is 15.4 Å². The van der Waals surface area contributed by atoms with E-state index in [1.54, 1.807) is 19.4 Å². The highest BCUT2D eigenvalue weighted by molar-refractivity contribution is 5.96. The number of carboxylic acid groups (broad SMARTS) is 1. The van der Waals surface area contributed by atoms with Crippen LogP contribution in [0.4, 0.5) is 10.6 Å². The first-order chi connectivity index (χ1) is 17.7. The zero-order chi connectivity index (χ0) is 26.5. The van der Waals surface area contributed by atoms with E-state index in [4.69, 9.17) is 9.84 Å². The third kappa shape index (κ3) is 6.28. The minimum atomic E-state index is -1.19. The average molecular weight is 506 g/mol. The van der Waals surface area contributed by atoms with Gasteiger partial charge in [-0.15, -0.1) is 0 Å². The second-order valence-corrected chi connectivity index (χ2v) is 9.92. The maximum Gasteiger partial charge on any atom is 0.405 e. The van der Waals surface area contributed by atoms with Crippen LogP contribution in [0.25, 0.3) is 11.1 Å². The van der Waals surface area contributed by atoms with E-state index in [0.717, 1.165) is 59.5 Å². The molecule has 0 spiro atoms. The Hall–Kier alpha value is -3.88. The average Bonchev–Trinajstić information content (AvgIpc) is 3.16. The fourth-order valence-electron chi connectivity index (χ4n) is 5.14. The number of aryl methyl sites for hydroxylation is 1. The van der Waals surface area contributed by atoms with Crippen molar-refractivity contribution in [3.05, 3.63) is 59.5 Å². The molecule has 37 heavy (non-hydrogen) atoms. The van der Waals surface area contributed by atoms with Gasteiger partial charge < -0.3 is 20.5 Å². The van der Waals surface area contributed by atoms with E-state index in [0.29, 0.717) is 18.3 Å². The molecule has 0 unspecified atom stereocenters. The summed E-state index contributed by atoms with van der Waals surface area (Å²) in [5.41, 5.74) is 4.92. The number of carbonyl (C=O) groups excluding carboxylic acids is 1. The first kappa shape index (κ1) is 26.2. The second kappa shape index (κ2) is 11.5. The van der Waals surface area contributed by atoms with Crippen LogP contribution in [0, 0.1) is 25.7 Å². The number of pyridine rings is 1. The molecule has 3 aromatic rings. The van der Waals surface area contributed by atoms with Gasteiger partial charge in [-0.1, -0.05) is 31.9 Å². The fourth-order valence-corrected chi connectivity index (χ4v) is 5.14. The quantitative estimate of drug-likeness (QED) is 0.396. The van der Waals surface area contributed by atoms with Gasteiger partial charge in [-0.3, -0.25) is 9.48 Å². The van der Waals surface area contributed by atoms with Gasteiger partial charge in [0.05, 0.1) is 19.3 Å². The summed E-state index contributed by atoms with van der Waals surface area (Å²) in [6.07, 6.45) is 4.16. The zero-order valence-electron chi connectivity index (χ0n) is 21.8. The SMILES string of the molecule is COc1ccc(Cn2nc(C)c(-c3ccc(NC(=O)[C@@H](NC(=O)O)C4CCC(C)CC4)nc3)c2C)cc1. The Kier molecular flexibility index (Phi) is 8.11. The van der Waals surface area contributed by atoms with Gasteiger partial charge >= 0.3 is 6.09 Å². The van der Waals surface area contributed by atoms with Gasteiger partial charge in [0.2, 0.25) is 5.91 Å². The van der Waals surface area contributed by atoms with E-state index in [1.807, 2.05) is 48.9 Å². The normalized spacial score (nSPS) is 18.2. The van der Waals surface area contributed by atoms with Crippen molar-refractivity contribution in [1.82, 2.24) is 20.1 Å². The summed E-state index contributed by atoms with van der Waals surface area (Å²) in [5, 5.41) is 19.2. The number of carbonyl (C=O) groups is 2. The fraction of sp³-hybridized carbons (Fsp3) is 0.429. The van der Waals surface area contributed by atoms with Gasteiger partial charge in [0, 0.05) is 23.0 Å². The number of benzene rings is 1. The van der Waals surface area contributed by atoms with Gasteiger partial charge in [0.25, 0.3) is 0 Å². The van der Waals surface area contributed by atoms with Gasteiger partial charge in [0.1, 0.15) is 17.6 Å². The molecule has 1 aliphatic rings. The van der Waals surface area contributed by atoms with Crippen LogP contribution in [-0.4, -0.2) is 45.0 Å². The van der Waals surface area contributed by atoms with E-state index >= 15 is 0 Å². The molecule has 9 heteroatoms. The molecule has 1 aromatic carbocycles. The van der Waals surface area contributed by atoms with Crippen molar-refractivity contribution in [2.45, 2.75) is 59.0 Å². The summed E-state index contributed by atoms with van der Waals surface area (Å²) in [6, 6.07) is 10.8. The third-order valence-corrected chi connectivity index (χ3v) is 7.27. The van der Waals surface area contributed by atoms with Crippen LogP contribution >= 0.6 is 0 Å². The van der Waals surface area contributed by atoms with Gasteiger partial charge in [-0.2, -0.15) is 5.10 Å². The van der Waals surface area contributed by atoms with Gasteiger partial charge in [-0.25, -0.2) is 9.78 Å². The van der Waals surface area contributed by atoms with Crippen LogP contribution in [0.5, 0.6) is 5.75 Å². The molecule has 0 bridgehead atoms. The first-order valence-electron chi connectivity index (χ1n) is 12.7. The van der Waals surface area contributed by atoms with E-state index in [2.05, 4.69) is 22.5 Å². The number of nitrogens with one attached hydrogen (secondary N) is 2. The molecule has 0 aliphatic heterocycles. The Labute approximate surface area is 217 Å². The molecule has 1 saturated carbocycles. The molecule has 3 N–H and O–H groups in total. The lowest BCUT2D eigenvalue weighted by Gasteiger charge is -2.31. The number of nitrogens with zero attached hydrogens (tertiary/aromatic N) is 3. The smallest absolute Gasteiger partial charge is 0.405 e. The molecule has 2 aromatic heterocycles. The van der Waals surface area contributed by atoms with Crippen molar-refractivity contribution in [3.63, 3.8) is 0 Å². The number of aromatic nitrogens is 3. The highest BCUT2D eigenvalue weighted by atomic mass is 16.5. The molecule has 0 radical (unpaired) electrons. The molecule has 1 aliphatic carbocycles. The van der Waals surface area contributed by atoms with Crippen LogP contribution in [0.1, 0.15) is 49.6 Å². The van der Waals surface area contributed by atoms with Crippen LogP contribution in [-0.2, 0) is 11.3 Å². The number of hydrogen-bond donors (Lipinski definition) is 3. The molecule has 9 nitrogen and oxygen atoms in total. The predicted octanol–water partition coefficient (Wildman–Crippen LogP) is 5.02. The lowest BCUT2D eigenvalue weighted by atomic mass is 9.79. The predicted molar refractivity (Wildman–Crippen MR) is 142 cm³/mol. The minimum absolute atomic E-state index is 0.0200. The van der Waals surface area contributed by atoms with Crippen molar-refractivity contribution < 1.29 is 19.4 Å². The molecular weight excluding hydrogens is 470 g/mol. The van der Waals surface area contributed by atoms with E-state index < -0.39 is 12.1 Å². The van der Waals surface area contributed by atoms with Crippen molar-refractivity contribution in [2.24, 2.45) is 11.8 Å². The summed E-state index contributed by atoms with van der Waals surface area (Å²) < 4.78 is 7.20. The number of amides is 2. The Bertz CT molecular complexity index is 1230. The maximum atomic E-state index is 13.0. The minimum Gasteiger partial charge on any atom is -0.497 e. The zero-order valence-corrected chi connectivity index (χ0v) is 21.8. The molecule has 4 rings (SSSR count). The Morgan fingerprint density at radius 1 is 1.11 bits per heavy atom. The highest BCUT2D eigenvalue weighted by Crippen LogP contribution is 2.31. The molecule has 0 saturated heterocycles. The van der Waals surface area contributed by atoms with Gasteiger partial charge in [0.15, 0.2) is 0 Å². The molecular formula is C28H35N5O4. The molecule has 1 fully saturated rings. The number of methoxy groups -OCH3 is 1. The lowest BCUT2D eigenvalue weighted by Crippen LogP contribution is -2.49. The van der Waals surface area contributed by atoms with Crippen molar-refractivity contribution in [1.29, 1.82) is 0 Å². The molecule has 2 amide bonds. The van der Waals surface area contributed by atoms with E-state index in [9.17, 15) is 14.7 Å². The largest absolute Gasteiger partial charge is 0.497 e. The van der Waals surface area contributed by atoms with Crippen LogP contribution in [0.15, 0.2) is 42.6 Å².